The first-order valence-corrected chi connectivity index (χ1v) is 11.2. The molecule has 3 aromatic rings. The van der Waals surface area contributed by atoms with Crippen molar-refractivity contribution in [2.75, 3.05) is 6.54 Å². The summed E-state index contributed by atoms with van der Waals surface area (Å²) in [5.41, 5.74) is 10.4. The van der Waals surface area contributed by atoms with Crippen LogP contribution in [0, 0.1) is 0 Å². The highest BCUT2D eigenvalue weighted by molar-refractivity contribution is 6.25. The first-order valence-electron chi connectivity index (χ1n) is 11.2. The minimum atomic E-state index is -1.85. The number of hydrogen-bond acceptors (Lipinski definition) is 9. The normalized spacial score (nSPS) is 15.8. The molecule has 1 aliphatic rings. The van der Waals surface area contributed by atoms with Crippen LogP contribution in [0.5, 0.6) is 0 Å². The summed E-state index contributed by atoms with van der Waals surface area (Å²) in [7, 11) is 0. The minimum absolute atomic E-state index is 0.0337. The summed E-state index contributed by atoms with van der Waals surface area (Å²) in [6, 6.07) is 10.1. The lowest BCUT2D eigenvalue weighted by Gasteiger charge is -2.24. The van der Waals surface area contributed by atoms with Crippen molar-refractivity contribution in [3.63, 3.8) is 0 Å². The number of carbonyl (C=O) groups is 3. The Morgan fingerprint density at radius 2 is 1.67 bits per heavy atom. The molecule has 3 aromatic heterocycles. The predicted molar refractivity (Wildman–Crippen MR) is 129 cm³/mol. The number of furan rings is 3. The number of carbonyl (C=O) groups excluding carboxylic acids is 2. The number of Topliss-reactive ketones (excluding diaryl/α,β-unsaturated/α-hetero) is 1. The van der Waals surface area contributed by atoms with Crippen molar-refractivity contribution in [1.29, 1.82) is 0 Å². The molecule has 0 atom stereocenters. The van der Waals surface area contributed by atoms with Gasteiger partial charge in [-0.3, -0.25) is 9.59 Å². The van der Waals surface area contributed by atoms with Gasteiger partial charge in [0.25, 0.3) is 0 Å². The molecule has 0 unspecified atom stereocenters. The number of ketones is 1. The molecule has 186 valence electrons. The highest BCUT2D eigenvalue weighted by Crippen LogP contribution is 2.40. The van der Waals surface area contributed by atoms with Gasteiger partial charge >= 0.3 is 5.97 Å². The van der Waals surface area contributed by atoms with Gasteiger partial charge in [-0.1, -0.05) is 0 Å². The van der Waals surface area contributed by atoms with Crippen LogP contribution in [0.3, 0.4) is 0 Å². The molecule has 10 heteroatoms. The Morgan fingerprint density at radius 3 is 2.25 bits per heavy atom. The van der Waals surface area contributed by atoms with Crippen molar-refractivity contribution in [2.24, 2.45) is 11.5 Å². The topological polar surface area (TPSA) is 166 Å². The number of aldehydes is 1. The summed E-state index contributed by atoms with van der Waals surface area (Å²) in [5, 5.41) is 9.18. The van der Waals surface area contributed by atoms with Gasteiger partial charge in [0, 0.05) is 18.2 Å². The van der Waals surface area contributed by atoms with E-state index in [-0.39, 0.29) is 23.3 Å². The zero-order chi connectivity index (χ0) is 25.7. The number of unbranched alkanes of at least 4 members (excludes halogenated alkanes) is 1. The molecule has 0 saturated carbocycles. The van der Waals surface area contributed by atoms with Crippen LogP contribution in [-0.4, -0.2) is 40.3 Å². The Morgan fingerprint density at radius 1 is 1.00 bits per heavy atom. The van der Waals surface area contributed by atoms with E-state index in [1.807, 2.05) is 0 Å². The number of nitrogens with zero attached hydrogens (tertiary/aromatic N) is 1. The maximum Gasteiger partial charge on any atom is 0.338 e. The van der Waals surface area contributed by atoms with Crippen LogP contribution >= 0.6 is 0 Å². The molecule has 0 spiro atoms. The Balaban J connectivity index is 1.76. The van der Waals surface area contributed by atoms with Crippen molar-refractivity contribution >= 4 is 35.9 Å². The van der Waals surface area contributed by atoms with Crippen molar-refractivity contribution in [3.05, 3.63) is 89.3 Å². The van der Waals surface area contributed by atoms with Crippen molar-refractivity contribution in [3.8, 4) is 0 Å². The fourth-order valence-electron chi connectivity index (χ4n) is 3.92. The Labute approximate surface area is 206 Å². The van der Waals surface area contributed by atoms with Crippen molar-refractivity contribution in [1.82, 2.24) is 4.90 Å². The number of carboxylic acid groups (broad SMARTS) is 1. The smallest absolute Gasteiger partial charge is 0.338 e. The molecule has 5 N–H and O–H groups in total. The predicted octanol–water partition coefficient (Wildman–Crippen LogP) is 3.25. The number of hydrogen-bond donors (Lipinski definition) is 3. The second-order valence-electron chi connectivity index (χ2n) is 8.26. The molecule has 0 saturated heterocycles. The molecular weight excluding hydrogens is 466 g/mol. The van der Waals surface area contributed by atoms with E-state index in [0.29, 0.717) is 48.7 Å². The first kappa shape index (κ1) is 24.7. The average molecular weight is 492 g/mol. The summed E-state index contributed by atoms with van der Waals surface area (Å²) in [6.45, 7) is 0.292. The maximum absolute atomic E-state index is 13.8. The van der Waals surface area contributed by atoms with Gasteiger partial charge in [-0.05, 0) is 61.7 Å². The molecule has 0 aliphatic carbocycles. The fourth-order valence-corrected chi connectivity index (χ4v) is 3.92. The number of aliphatic carboxylic acids is 1. The van der Waals surface area contributed by atoms with Gasteiger partial charge in [-0.2, -0.15) is 0 Å². The van der Waals surface area contributed by atoms with Gasteiger partial charge in [0.1, 0.15) is 11.5 Å². The Bertz CT molecular complexity index is 1310. The third-order valence-corrected chi connectivity index (χ3v) is 5.71. The molecule has 0 bridgehead atoms. The standard InChI is InChI=1S/C26H25N3O7/c27-26(28,25(32)33)9-1-2-10-29-20(15-19-7-4-12-35-19)24(31)22(23(29)21-8-5-13-36-21)17(16-30)14-18-6-3-11-34-18/h3-8,11-16H,1-2,9-10,27-28H2,(H,32,33)/b17-14-,20-15+. The van der Waals surface area contributed by atoms with E-state index in [0.717, 1.165) is 0 Å². The monoisotopic (exact) mass is 491 g/mol. The zero-order valence-corrected chi connectivity index (χ0v) is 19.3. The third-order valence-electron chi connectivity index (χ3n) is 5.71. The van der Waals surface area contributed by atoms with E-state index in [9.17, 15) is 19.5 Å². The number of nitrogens with two attached hydrogens (primary N) is 2. The highest BCUT2D eigenvalue weighted by Gasteiger charge is 2.39. The van der Waals surface area contributed by atoms with E-state index in [1.54, 1.807) is 47.4 Å². The van der Waals surface area contributed by atoms with E-state index in [2.05, 4.69) is 0 Å². The lowest BCUT2D eigenvalue weighted by Crippen LogP contribution is -2.56. The van der Waals surface area contributed by atoms with E-state index in [4.69, 9.17) is 24.7 Å². The molecule has 4 rings (SSSR count). The second-order valence-corrected chi connectivity index (χ2v) is 8.26. The number of carboxylic acids is 1. The summed E-state index contributed by atoms with van der Waals surface area (Å²) in [4.78, 5) is 38.9. The van der Waals surface area contributed by atoms with E-state index < -0.39 is 17.4 Å². The summed E-state index contributed by atoms with van der Waals surface area (Å²) in [6.07, 6.45) is 8.94. The van der Waals surface area contributed by atoms with Crippen LogP contribution in [-0.2, 0) is 14.4 Å². The van der Waals surface area contributed by atoms with Gasteiger partial charge in [-0.25, -0.2) is 4.79 Å². The van der Waals surface area contributed by atoms with Gasteiger partial charge in [0.2, 0.25) is 5.78 Å². The molecule has 0 amide bonds. The van der Waals surface area contributed by atoms with Gasteiger partial charge in [-0.15, -0.1) is 0 Å². The largest absolute Gasteiger partial charge is 0.479 e. The molecule has 10 nitrogen and oxygen atoms in total. The van der Waals surface area contributed by atoms with E-state index >= 15 is 0 Å². The van der Waals surface area contributed by atoms with Crippen LogP contribution in [0.4, 0.5) is 0 Å². The fraction of sp³-hybridized carbons (Fsp3) is 0.192. The van der Waals surface area contributed by atoms with Crippen LogP contribution in [0.2, 0.25) is 0 Å². The van der Waals surface area contributed by atoms with Crippen LogP contribution in [0.1, 0.15) is 36.5 Å². The molecule has 0 fully saturated rings. The molecule has 1 aliphatic heterocycles. The van der Waals surface area contributed by atoms with Gasteiger partial charge in [0.05, 0.1) is 35.8 Å². The van der Waals surface area contributed by atoms with Crippen LogP contribution in [0.25, 0.3) is 17.8 Å². The number of rotatable bonds is 11. The molecule has 0 aromatic carbocycles. The quantitative estimate of drug-likeness (QED) is 0.157. The van der Waals surface area contributed by atoms with Gasteiger partial charge in [0.15, 0.2) is 17.7 Å². The van der Waals surface area contributed by atoms with Crippen molar-refractivity contribution in [2.45, 2.75) is 24.9 Å². The molecule has 0 radical (unpaired) electrons. The number of allylic oxidation sites excluding steroid dienone is 2. The summed E-state index contributed by atoms with van der Waals surface area (Å²) >= 11 is 0. The highest BCUT2D eigenvalue weighted by atomic mass is 16.4. The molecule has 36 heavy (non-hydrogen) atoms. The minimum Gasteiger partial charge on any atom is -0.479 e. The molecule has 4 heterocycles. The first-order chi connectivity index (χ1) is 17.3. The second kappa shape index (κ2) is 10.5. The van der Waals surface area contributed by atoms with Crippen molar-refractivity contribution < 1.29 is 32.7 Å². The van der Waals surface area contributed by atoms with Gasteiger partial charge < -0.3 is 34.7 Å². The lowest BCUT2D eigenvalue weighted by atomic mass is 10.00. The maximum atomic E-state index is 13.8. The Kier molecular flexibility index (Phi) is 7.18. The van der Waals surface area contributed by atoms with E-state index in [1.165, 1.54) is 24.9 Å². The van der Waals surface area contributed by atoms with Crippen LogP contribution < -0.4 is 11.5 Å². The summed E-state index contributed by atoms with van der Waals surface area (Å²) < 4.78 is 16.4. The SMILES string of the molecule is NC(N)(CCCCN1C(c2ccco2)=C(/C(C=O)=C\c2ccco2)C(=O)/C1=C\c1ccco1)C(=O)O. The Hall–Kier alpha value is -4.41. The third kappa shape index (κ3) is 5.14. The summed E-state index contributed by atoms with van der Waals surface area (Å²) in [5.74, 6) is -0.470. The zero-order valence-electron chi connectivity index (χ0n) is 19.3. The molecular formula is C26H25N3O7. The van der Waals surface area contributed by atoms with Crippen LogP contribution in [0.15, 0.2) is 85.3 Å². The lowest BCUT2D eigenvalue weighted by molar-refractivity contribution is -0.143. The average Bonchev–Trinajstić information content (AvgIpc) is 3.65.